The number of ketones is 1. The van der Waals surface area contributed by atoms with E-state index in [1.807, 2.05) is 13.8 Å². The molecule has 7 nitrogen and oxygen atoms in total. The standard InChI is InChI=1S/C23H35F3N2O5/c1-14(2)12-17(21(30)31)27-18(22(32)33)13-16-8-9-19(20(29)23(24,25)26)28(16)11-10-15-6-4-3-5-7-15/h8-9,14-15,17-18,22,27,32-33H,3-7,10-13H2,1-2H3,(H,30,31)/t17-,18-/m0/s1. The number of Topliss-reactive ketones (excluding diaryl/α,β-unsaturated/α-hetero) is 1. The number of hydrogen-bond donors (Lipinski definition) is 4. The maximum atomic E-state index is 13.2. The van der Waals surface area contributed by atoms with E-state index in [4.69, 9.17) is 0 Å². The van der Waals surface area contributed by atoms with Gasteiger partial charge in [-0.1, -0.05) is 46.0 Å². The number of nitrogens with zero attached hydrogens (tertiary/aromatic N) is 1. The number of halogens is 3. The van der Waals surface area contributed by atoms with Gasteiger partial charge < -0.3 is 19.9 Å². The fourth-order valence-corrected chi connectivity index (χ4v) is 4.53. The number of carboxylic acid groups (broad SMARTS) is 1. The number of alkyl halides is 3. The van der Waals surface area contributed by atoms with Crippen LogP contribution in [-0.2, 0) is 17.8 Å². The van der Waals surface area contributed by atoms with E-state index in [1.54, 1.807) is 0 Å². The molecule has 0 bridgehead atoms. The van der Waals surface area contributed by atoms with Gasteiger partial charge in [-0.25, -0.2) is 0 Å². The lowest BCUT2D eigenvalue weighted by molar-refractivity contribution is -0.141. The molecule has 0 aromatic carbocycles. The van der Waals surface area contributed by atoms with Crippen molar-refractivity contribution in [3.8, 4) is 0 Å². The first-order valence-corrected chi connectivity index (χ1v) is 11.5. The van der Waals surface area contributed by atoms with Crippen molar-refractivity contribution in [2.45, 2.75) is 96.3 Å². The third-order valence-electron chi connectivity index (χ3n) is 6.26. The van der Waals surface area contributed by atoms with Gasteiger partial charge in [0.15, 0.2) is 6.29 Å². The first-order chi connectivity index (χ1) is 15.4. The number of aromatic nitrogens is 1. The van der Waals surface area contributed by atoms with Crippen molar-refractivity contribution in [2.24, 2.45) is 11.8 Å². The molecule has 188 valence electrons. The molecule has 0 amide bonds. The van der Waals surface area contributed by atoms with Gasteiger partial charge in [0.1, 0.15) is 6.04 Å². The maximum absolute atomic E-state index is 13.2. The molecule has 33 heavy (non-hydrogen) atoms. The Kier molecular flexibility index (Phi) is 9.93. The van der Waals surface area contributed by atoms with E-state index in [-0.39, 0.29) is 25.3 Å². The molecule has 1 heterocycles. The van der Waals surface area contributed by atoms with Gasteiger partial charge >= 0.3 is 12.1 Å². The predicted octanol–water partition coefficient (Wildman–Crippen LogP) is 3.51. The van der Waals surface area contributed by atoms with Crippen LogP contribution in [0.15, 0.2) is 12.1 Å². The first-order valence-electron chi connectivity index (χ1n) is 11.5. The van der Waals surface area contributed by atoms with Crippen molar-refractivity contribution >= 4 is 11.8 Å². The van der Waals surface area contributed by atoms with E-state index in [0.717, 1.165) is 38.2 Å². The van der Waals surface area contributed by atoms with Crippen LogP contribution >= 0.6 is 0 Å². The summed E-state index contributed by atoms with van der Waals surface area (Å²) in [5, 5.41) is 31.9. The average molecular weight is 477 g/mol. The van der Waals surface area contributed by atoms with Crippen LogP contribution < -0.4 is 5.32 Å². The molecule has 1 aromatic rings. The highest BCUT2D eigenvalue weighted by atomic mass is 19.4. The second-order valence-corrected chi connectivity index (χ2v) is 9.39. The number of aliphatic hydroxyl groups is 2. The Morgan fingerprint density at radius 3 is 2.30 bits per heavy atom. The number of carbonyl (C=O) groups excluding carboxylic acids is 1. The molecule has 0 spiro atoms. The lowest BCUT2D eigenvalue weighted by Gasteiger charge is -2.27. The van der Waals surface area contributed by atoms with Crippen molar-refractivity contribution in [3.05, 3.63) is 23.5 Å². The van der Waals surface area contributed by atoms with E-state index in [2.05, 4.69) is 5.32 Å². The quantitative estimate of drug-likeness (QED) is 0.271. The predicted molar refractivity (Wildman–Crippen MR) is 116 cm³/mol. The van der Waals surface area contributed by atoms with Crippen LogP contribution in [0, 0.1) is 11.8 Å². The zero-order valence-electron chi connectivity index (χ0n) is 19.1. The van der Waals surface area contributed by atoms with Crippen molar-refractivity contribution < 1.29 is 38.1 Å². The smallest absolute Gasteiger partial charge is 0.456 e. The van der Waals surface area contributed by atoms with Crippen LogP contribution in [0.1, 0.15) is 75.0 Å². The summed E-state index contributed by atoms with van der Waals surface area (Å²) in [5.41, 5.74) is -0.172. The van der Waals surface area contributed by atoms with E-state index in [0.29, 0.717) is 18.0 Å². The highest BCUT2D eigenvalue weighted by Gasteiger charge is 2.41. The minimum Gasteiger partial charge on any atom is -0.480 e. The molecular weight excluding hydrogens is 441 g/mol. The second-order valence-electron chi connectivity index (χ2n) is 9.39. The summed E-state index contributed by atoms with van der Waals surface area (Å²) < 4.78 is 40.8. The molecule has 0 radical (unpaired) electrons. The largest absolute Gasteiger partial charge is 0.480 e. The summed E-state index contributed by atoms with van der Waals surface area (Å²) in [6.45, 7) is 3.85. The summed E-state index contributed by atoms with van der Waals surface area (Å²) in [6, 6.07) is 0.283. The zero-order valence-corrected chi connectivity index (χ0v) is 19.1. The van der Waals surface area contributed by atoms with Gasteiger partial charge in [0, 0.05) is 18.7 Å². The van der Waals surface area contributed by atoms with Gasteiger partial charge in [0.2, 0.25) is 0 Å². The molecule has 10 heteroatoms. The Bertz CT molecular complexity index is 786. The van der Waals surface area contributed by atoms with Gasteiger partial charge in [0.05, 0.1) is 11.7 Å². The number of nitrogens with one attached hydrogen (secondary N) is 1. The zero-order chi connectivity index (χ0) is 24.8. The van der Waals surface area contributed by atoms with Crippen molar-refractivity contribution in [2.75, 3.05) is 0 Å². The second kappa shape index (κ2) is 12.0. The van der Waals surface area contributed by atoms with Crippen molar-refractivity contribution in [1.29, 1.82) is 0 Å². The number of rotatable bonds is 12. The molecule has 2 rings (SSSR count). The SMILES string of the molecule is CC(C)C[C@H](N[C@@H](Cc1ccc(C(=O)C(F)(F)F)n1CCC1CCCCC1)C(O)O)C(=O)O. The Hall–Kier alpha value is -1.91. The summed E-state index contributed by atoms with van der Waals surface area (Å²) >= 11 is 0. The van der Waals surface area contributed by atoms with Gasteiger partial charge in [-0.3, -0.25) is 14.9 Å². The van der Waals surface area contributed by atoms with Crippen LogP contribution in [0.4, 0.5) is 13.2 Å². The van der Waals surface area contributed by atoms with Crippen molar-refractivity contribution in [3.63, 3.8) is 0 Å². The fraction of sp³-hybridized carbons (Fsp3) is 0.739. The van der Waals surface area contributed by atoms with Crippen molar-refractivity contribution in [1.82, 2.24) is 9.88 Å². The molecule has 1 saturated carbocycles. The average Bonchev–Trinajstić information content (AvgIpc) is 3.12. The highest BCUT2D eigenvalue weighted by Crippen LogP contribution is 2.29. The van der Waals surface area contributed by atoms with E-state index >= 15 is 0 Å². The Morgan fingerprint density at radius 1 is 1.15 bits per heavy atom. The molecule has 2 atom stereocenters. The maximum Gasteiger partial charge on any atom is 0.456 e. The third kappa shape index (κ3) is 8.12. The van der Waals surface area contributed by atoms with Crippen LogP contribution in [0.2, 0.25) is 0 Å². The van der Waals surface area contributed by atoms with Gasteiger partial charge in [-0.15, -0.1) is 0 Å². The molecule has 0 unspecified atom stereocenters. The minimum absolute atomic E-state index is 0.0189. The number of aliphatic hydroxyl groups excluding tert-OH is 1. The van der Waals surface area contributed by atoms with E-state index in [1.165, 1.54) is 10.6 Å². The monoisotopic (exact) mass is 476 g/mol. The number of carboxylic acids is 1. The minimum atomic E-state index is -5.03. The van der Waals surface area contributed by atoms with Crippen LogP contribution in [0.5, 0.6) is 0 Å². The van der Waals surface area contributed by atoms with Crippen LogP contribution in [-0.4, -0.2) is 56.2 Å². The normalized spacial score (nSPS) is 17.5. The fourth-order valence-electron chi connectivity index (χ4n) is 4.53. The summed E-state index contributed by atoms with van der Waals surface area (Å²) in [5.74, 6) is -2.72. The molecule has 1 aromatic heterocycles. The van der Waals surface area contributed by atoms with Crippen LogP contribution in [0.3, 0.4) is 0 Å². The molecular formula is C23H35F3N2O5. The third-order valence-corrected chi connectivity index (χ3v) is 6.26. The molecule has 1 fully saturated rings. The lowest BCUT2D eigenvalue weighted by Crippen LogP contribution is -2.50. The van der Waals surface area contributed by atoms with E-state index < -0.39 is 42.0 Å². The number of carbonyl (C=O) groups is 2. The highest BCUT2D eigenvalue weighted by molar-refractivity contribution is 5.99. The summed E-state index contributed by atoms with van der Waals surface area (Å²) in [4.78, 5) is 23.6. The lowest BCUT2D eigenvalue weighted by atomic mass is 9.87. The first kappa shape index (κ1) is 27.3. The number of hydrogen-bond acceptors (Lipinski definition) is 5. The molecule has 0 saturated heterocycles. The van der Waals surface area contributed by atoms with Gasteiger partial charge in [-0.2, -0.15) is 13.2 Å². The summed E-state index contributed by atoms with van der Waals surface area (Å²) in [6.07, 6.45) is -0.979. The van der Waals surface area contributed by atoms with Gasteiger partial charge in [-0.05, 0) is 36.8 Å². The van der Waals surface area contributed by atoms with Crippen LogP contribution in [0.25, 0.3) is 0 Å². The van der Waals surface area contributed by atoms with Gasteiger partial charge in [0.25, 0.3) is 5.78 Å². The Labute approximate surface area is 192 Å². The molecule has 4 N–H and O–H groups in total. The Morgan fingerprint density at radius 2 is 1.79 bits per heavy atom. The molecule has 1 aliphatic carbocycles. The molecule has 0 aliphatic heterocycles. The Balaban J connectivity index is 2.28. The number of aliphatic carboxylic acids is 1. The van der Waals surface area contributed by atoms with E-state index in [9.17, 15) is 38.1 Å². The summed E-state index contributed by atoms with van der Waals surface area (Å²) in [7, 11) is 0. The molecule has 1 aliphatic rings. The topological polar surface area (TPSA) is 112 Å².